The minimum atomic E-state index is -0.502. The van der Waals surface area contributed by atoms with E-state index >= 15 is 0 Å². The SMILES string of the molecule is C=CCCC(=O)N1CC[C@@H](c2ccc3ccccc3c2)[C@H](O)C1. The van der Waals surface area contributed by atoms with Crippen molar-refractivity contribution in [3.8, 4) is 0 Å². The fourth-order valence-corrected chi connectivity index (χ4v) is 3.37. The summed E-state index contributed by atoms with van der Waals surface area (Å²) in [6.45, 7) is 4.79. The number of aliphatic hydroxyl groups excluding tert-OH is 1. The number of aliphatic hydroxyl groups is 1. The van der Waals surface area contributed by atoms with E-state index in [4.69, 9.17) is 0 Å². The normalized spacial score (nSPS) is 21.3. The van der Waals surface area contributed by atoms with Gasteiger partial charge in [-0.2, -0.15) is 0 Å². The summed E-state index contributed by atoms with van der Waals surface area (Å²) in [6.07, 6.45) is 3.24. The van der Waals surface area contributed by atoms with Gasteiger partial charge in [0.1, 0.15) is 0 Å². The van der Waals surface area contributed by atoms with Crippen LogP contribution in [-0.4, -0.2) is 35.1 Å². The van der Waals surface area contributed by atoms with Crippen molar-refractivity contribution in [2.24, 2.45) is 0 Å². The van der Waals surface area contributed by atoms with E-state index < -0.39 is 6.10 Å². The fourth-order valence-electron chi connectivity index (χ4n) is 3.37. The first-order valence-electron chi connectivity index (χ1n) is 8.24. The lowest BCUT2D eigenvalue weighted by Gasteiger charge is -2.36. The molecule has 3 rings (SSSR count). The van der Waals surface area contributed by atoms with Crippen molar-refractivity contribution >= 4 is 16.7 Å². The van der Waals surface area contributed by atoms with Crippen LogP contribution in [0, 0.1) is 0 Å². The van der Waals surface area contributed by atoms with Gasteiger partial charge >= 0.3 is 0 Å². The maximum Gasteiger partial charge on any atom is 0.222 e. The zero-order chi connectivity index (χ0) is 16.2. The first kappa shape index (κ1) is 15.8. The van der Waals surface area contributed by atoms with Crippen molar-refractivity contribution < 1.29 is 9.90 Å². The molecule has 1 heterocycles. The van der Waals surface area contributed by atoms with Gasteiger partial charge in [0.2, 0.25) is 5.91 Å². The van der Waals surface area contributed by atoms with Gasteiger partial charge in [0, 0.05) is 25.4 Å². The van der Waals surface area contributed by atoms with Gasteiger partial charge in [0.25, 0.3) is 0 Å². The lowest BCUT2D eigenvalue weighted by molar-refractivity contribution is -0.134. The third kappa shape index (κ3) is 3.45. The molecule has 3 heteroatoms. The average Bonchev–Trinajstić information content (AvgIpc) is 2.59. The Bertz CT molecular complexity index is 710. The number of benzene rings is 2. The molecule has 2 atom stereocenters. The van der Waals surface area contributed by atoms with E-state index in [1.165, 1.54) is 10.8 Å². The third-order valence-corrected chi connectivity index (χ3v) is 4.70. The molecule has 1 amide bonds. The molecule has 0 unspecified atom stereocenters. The molecule has 0 aliphatic carbocycles. The van der Waals surface area contributed by atoms with E-state index in [1.807, 2.05) is 12.1 Å². The Morgan fingerprint density at radius 2 is 2.04 bits per heavy atom. The Morgan fingerprint density at radius 1 is 1.26 bits per heavy atom. The van der Waals surface area contributed by atoms with Crippen molar-refractivity contribution in [2.45, 2.75) is 31.3 Å². The average molecular weight is 309 g/mol. The van der Waals surface area contributed by atoms with E-state index in [9.17, 15) is 9.90 Å². The van der Waals surface area contributed by atoms with Gasteiger partial charge < -0.3 is 10.0 Å². The largest absolute Gasteiger partial charge is 0.391 e. The van der Waals surface area contributed by atoms with Gasteiger partial charge in [-0.3, -0.25) is 4.79 Å². The van der Waals surface area contributed by atoms with Gasteiger partial charge in [0.05, 0.1) is 6.10 Å². The number of amides is 1. The van der Waals surface area contributed by atoms with Gasteiger partial charge in [-0.05, 0) is 29.2 Å². The minimum absolute atomic E-state index is 0.100. The van der Waals surface area contributed by atoms with Crippen molar-refractivity contribution in [3.05, 3.63) is 60.7 Å². The molecule has 2 aromatic rings. The highest BCUT2D eigenvalue weighted by Gasteiger charge is 2.30. The molecule has 0 spiro atoms. The number of hydrogen-bond donors (Lipinski definition) is 1. The number of β-amino-alcohol motifs (C(OH)–C–C–N with tert-alkyl or cyclic N) is 1. The summed E-state index contributed by atoms with van der Waals surface area (Å²) in [5, 5.41) is 12.9. The molecular formula is C20H23NO2. The van der Waals surface area contributed by atoms with Crippen LogP contribution in [0.2, 0.25) is 0 Å². The molecule has 0 bridgehead atoms. The Hall–Kier alpha value is -2.13. The Labute approximate surface area is 137 Å². The first-order valence-corrected chi connectivity index (χ1v) is 8.24. The van der Waals surface area contributed by atoms with E-state index in [0.717, 1.165) is 12.0 Å². The zero-order valence-electron chi connectivity index (χ0n) is 13.3. The number of likely N-dealkylation sites (tertiary alicyclic amines) is 1. The lowest BCUT2D eigenvalue weighted by Crippen LogP contribution is -2.45. The zero-order valence-corrected chi connectivity index (χ0v) is 13.3. The van der Waals surface area contributed by atoms with E-state index in [1.54, 1.807) is 11.0 Å². The number of hydrogen-bond acceptors (Lipinski definition) is 2. The van der Waals surface area contributed by atoms with Gasteiger partial charge in [0.15, 0.2) is 0 Å². The number of nitrogens with zero attached hydrogens (tertiary/aromatic N) is 1. The van der Waals surface area contributed by atoms with E-state index in [2.05, 4.69) is 36.9 Å². The van der Waals surface area contributed by atoms with Crippen LogP contribution in [-0.2, 0) is 4.79 Å². The molecule has 2 aromatic carbocycles. The Kier molecular flexibility index (Phi) is 4.77. The number of carbonyl (C=O) groups excluding carboxylic acids is 1. The second-order valence-electron chi connectivity index (χ2n) is 6.24. The van der Waals surface area contributed by atoms with Crippen LogP contribution in [0.3, 0.4) is 0 Å². The monoisotopic (exact) mass is 309 g/mol. The third-order valence-electron chi connectivity index (χ3n) is 4.70. The van der Waals surface area contributed by atoms with Crippen molar-refractivity contribution in [2.75, 3.05) is 13.1 Å². The van der Waals surface area contributed by atoms with Crippen LogP contribution in [0.25, 0.3) is 10.8 Å². The Morgan fingerprint density at radius 3 is 2.78 bits per heavy atom. The Balaban J connectivity index is 1.72. The molecule has 1 aliphatic heterocycles. The molecule has 1 N–H and O–H groups in total. The smallest absolute Gasteiger partial charge is 0.222 e. The summed E-state index contributed by atoms with van der Waals surface area (Å²) < 4.78 is 0. The summed E-state index contributed by atoms with van der Waals surface area (Å²) >= 11 is 0. The van der Waals surface area contributed by atoms with Crippen LogP contribution in [0.5, 0.6) is 0 Å². The van der Waals surface area contributed by atoms with Crippen LogP contribution < -0.4 is 0 Å². The standard InChI is InChI=1S/C20H23NO2/c1-2-3-8-20(23)21-12-11-18(19(22)14-21)17-10-9-15-6-4-5-7-16(15)13-17/h2,4-7,9-10,13,18-19,22H,1,3,8,11-12,14H2/t18-,19+/m0/s1. The maximum absolute atomic E-state index is 12.1. The topological polar surface area (TPSA) is 40.5 Å². The molecule has 1 saturated heterocycles. The molecule has 1 fully saturated rings. The van der Waals surface area contributed by atoms with E-state index in [0.29, 0.717) is 25.9 Å². The summed E-state index contributed by atoms with van der Waals surface area (Å²) in [6, 6.07) is 14.6. The molecule has 1 aliphatic rings. The quantitative estimate of drug-likeness (QED) is 0.878. The summed E-state index contributed by atoms with van der Waals surface area (Å²) in [5.74, 6) is 0.212. The first-order chi connectivity index (χ1) is 11.2. The summed E-state index contributed by atoms with van der Waals surface area (Å²) in [7, 11) is 0. The van der Waals surface area contributed by atoms with Crippen molar-refractivity contribution in [1.82, 2.24) is 4.90 Å². The van der Waals surface area contributed by atoms with Crippen LogP contribution in [0.4, 0.5) is 0 Å². The van der Waals surface area contributed by atoms with Crippen LogP contribution >= 0.6 is 0 Å². The second kappa shape index (κ2) is 6.97. The molecule has 0 radical (unpaired) electrons. The highest BCUT2D eigenvalue weighted by atomic mass is 16.3. The van der Waals surface area contributed by atoms with E-state index in [-0.39, 0.29) is 11.8 Å². The predicted octanol–water partition coefficient (Wildman–Crippen LogP) is 3.48. The number of allylic oxidation sites excluding steroid dienone is 1. The molecule has 0 aromatic heterocycles. The number of fused-ring (bicyclic) bond motifs is 1. The van der Waals surface area contributed by atoms with Crippen molar-refractivity contribution in [3.63, 3.8) is 0 Å². The van der Waals surface area contributed by atoms with Crippen LogP contribution in [0.15, 0.2) is 55.1 Å². The molecular weight excluding hydrogens is 286 g/mol. The molecule has 0 saturated carbocycles. The second-order valence-corrected chi connectivity index (χ2v) is 6.24. The van der Waals surface area contributed by atoms with Crippen LogP contribution in [0.1, 0.15) is 30.7 Å². The van der Waals surface area contributed by atoms with Gasteiger partial charge in [-0.1, -0.05) is 48.5 Å². The molecule has 120 valence electrons. The number of rotatable bonds is 4. The summed E-state index contributed by atoms with van der Waals surface area (Å²) in [4.78, 5) is 13.9. The number of piperidine rings is 1. The number of carbonyl (C=O) groups is 1. The minimum Gasteiger partial charge on any atom is -0.391 e. The molecule has 23 heavy (non-hydrogen) atoms. The maximum atomic E-state index is 12.1. The lowest BCUT2D eigenvalue weighted by atomic mass is 9.86. The predicted molar refractivity (Wildman–Crippen MR) is 93.3 cm³/mol. The fraction of sp³-hybridized carbons (Fsp3) is 0.350. The van der Waals surface area contributed by atoms with Crippen molar-refractivity contribution in [1.29, 1.82) is 0 Å². The van der Waals surface area contributed by atoms with Gasteiger partial charge in [-0.25, -0.2) is 0 Å². The highest BCUT2D eigenvalue weighted by Crippen LogP contribution is 2.30. The summed E-state index contributed by atoms with van der Waals surface area (Å²) in [5.41, 5.74) is 1.16. The highest BCUT2D eigenvalue weighted by molar-refractivity contribution is 5.83. The molecule has 3 nitrogen and oxygen atoms in total. The van der Waals surface area contributed by atoms with Gasteiger partial charge in [-0.15, -0.1) is 6.58 Å².